The zero-order valence-corrected chi connectivity index (χ0v) is 59.2. The van der Waals surface area contributed by atoms with Gasteiger partial charge in [0.2, 0.25) is 5.91 Å². The Labute approximate surface area is 528 Å². The number of methoxy groups -OCH3 is 2. The first-order valence-corrected chi connectivity index (χ1v) is 36.5. The summed E-state index contributed by atoms with van der Waals surface area (Å²) in [5.74, 6) is 22.1. The first kappa shape index (κ1) is 75.0. The standard InChI is InChI=1S/C73H109N3O9Si2/c1-22-23-24-25-26-27-28-29-30-31-66(78)74-48-57-44-62(34-32-60-42-58(49-75-70(79)84-72(14,15)16)46-64(67(60)81-20)36-40-86(51(2)3,52(4)5)53(6)7)69(83-39-38-77)63(45-57)35-33-61-43-59(50-76-71(80)85-73(17,18)19)47-65(68(61)82-21)37-41-87(54(8)9,55(10)11)56(12)13/h42-47,51-56,77H,22-31,38-39,48-50H2,1-21H3,(H,74,78)(H,75,79)(H,76,80). The number of benzene rings is 3. The molecule has 87 heavy (non-hydrogen) atoms. The van der Waals surface area contributed by atoms with Crippen molar-refractivity contribution in [2.45, 2.75) is 260 Å². The first-order valence-electron chi connectivity index (χ1n) is 32.0. The van der Waals surface area contributed by atoms with Gasteiger partial charge in [0.1, 0.15) is 45.5 Å². The molecule has 4 N–H and O–H groups in total. The van der Waals surface area contributed by atoms with Crippen molar-refractivity contribution in [1.29, 1.82) is 0 Å². The summed E-state index contributed by atoms with van der Waals surface area (Å²) in [5.41, 5.74) is 14.0. The van der Waals surface area contributed by atoms with Crippen LogP contribution in [0.2, 0.25) is 33.2 Å². The molecule has 14 heteroatoms. The van der Waals surface area contributed by atoms with Gasteiger partial charge >= 0.3 is 12.2 Å². The normalized spacial score (nSPS) is 11.7. The molecule has 0 heterocycles. The highest BCUT2D eigenvalue weighted by Crippen LogP contribution is 2.43. The molecule has 0 aliphatic heterocycles. The summed E-state index contributed by atoms with van der Waals surface area (Å²) in [4.78, 5) is 39.7. The number of hydrogen-bond acceptors (Lipinski definition) is 9. The van der Waals surface area contributed by atoms with E-state index >= 15 is 0 Å². The third kappa shape index (κ3) is 23.3. The fraction of sp³-hybridized carbons (Fsp3) is 0.603. The zero-order chi connectivity index (χ0) is 65.3. The van der Waals surface area contributed by atoms with Gasteiger partial charge in [-0.3, -0.25) is 4.79 Å². The molecule has 0 fully saturated rings. The Kier molecular flexibility index (Phi) is 30.7. The molecule has 0 spiro atoms. The molecule has 478 valence electrons. The molecule has 0 aliphatic carbocycles. The lowest BCUT2D eigenvalue weighted by Gasteiger charge is -2.38. The average Bonchev–Trinajstić information content (AvgIpc) is 1.74. The predicted molar refractivity (Wildman–Crippen MR) is 363 cm³/mol. The Morgan fingerprint density at radius 1 is 0.460 bits per heavy atom. The Hall–Kier alpha value is -6.30. The van der Waals surface area contributed by atoms with Gasteiger partial charge in [0.15, 0.2) is 5.75 Å². The highest BCUT2D eigenvalue weighted by atomic mass is 28.3. The quantitative estimate of drug-likeness (QED) is 0.0332. The summed E-state index contributed by atoms with van der Waals surface area (Å²) in [6, 6.07) is 11.4. The molecule has 0 aromatic heterocycles. The molecular formula is C73H109N3O9Si2. The van der Waals surface area contributed by atoms with Gasteiger partial charge in [-0.05, 0) is 134 Å². The lowest BCUT2D eigenvalue weighted by Crippen LogP contribution is -2.43. The number of aliphatic hydroxyl groups excluding tert-OH is 1. The largest absolute Gasteiger partial charge is 0.494 e. The molecule has 0 radical (unpaired) electrons. The fourth-order valence-corrected chi connectivity index (χ4v) is 22.5. The monoisotopic (exact) mass is 1230 g/mol. The van der Waals surface area contributed by atoms with E-state index in [1.54, 1.807) is 14.2 Å². The van der Waals surface area contributed by atoms with Crippen molar-refractivity contribution in [3.63, 3.8) is 0 Å². The summed E-state index contributed by atoms with van der Waals surface area (Å²) in [6.07, 6.45) is 9.65. The van der Waals surface area contributed by atoms with Crippen LogP contribution in [0.25, 0.3) is 0 Å². The van der Waals surface area contributed by atoms with Crippen LogP contribution in [0.1, 0.15) is 246 Å². The minimum atomic E-state index is -2.23. The van der Waals surface area contributed by atoms with Gasteiger partial charge in [-0.25, -0.2) is 9.59 Å². The van der Waals surface area contributed by atoms with Gasteiger partial charge in [-0.2, -0.15) is 0 Å². The molecule has 3 aromatic rings. The molecule has 0 saturated carbocycles. The van der Waals surface area contributed by atoms with Gasteiger partial charge in [0, 0.05) is 26.1 Å². The summed E-state index contributed by atoms with van der Waals surface area (Å²) >= 11 is 0. The summed E-state index contributed by atoms with van der Waals surface area (Å²) in [5, 5.41) is 19.3. The fourth-order valence-electron chi connectivity index (χ4n) is 12.0. The number of alkyl carbamates (subject to hydrolysis) is 2. The molecule has 0 atom stereocenters. The summed E-state index contributed by atoms with van der Waals surface area (Å²) in [6.45, 7) is 40.5. The SMILES string of the molecule is CCCCCCCCCCCC(=O)NCc1cc(C#Cc2cc(CNC(=O)OC(C)(C)C)cc(C#C[Si](C(C)C)(C(C)C)C(C)C)c2OC)c(OCCO)c(C#Cc2cc(CNC(=O)OC(C)(C)C)cc(C#C[Si](C(C)C)(C(C)C)C(C)C)c2OC)c1. The topological polar surface area (TPSA) is 154 Å². The Morgan fingerprint density at radius 3 is 1.06 bits per heavy atom. The van der Waals surface area contributed by atoms with Crippen LogP contribution in [-0.4, -0.2) is 78.0 Å². The van der Waals surface area contributed by atoms with Crippen LogP contribution >= 0.6 is 0 Å². The third-order valence-electron chi connectivity index (χ3n) is 16.1. The van der Waals surface area contributed by atoms with E-state index in [1.807, 2.05) is 77.9 Å². The summed E-state index contributed by atoms with van der Waals surface area (Å²) < 4.78 is 30.1. The molecule has 0 unspecified atom stereocenters. The van der Waals surface area contributed by atoms with Crippen molar-refractivity contribution in [3.05, 3.63) is 86.5 Å². The van der Waals surface area contributed by atoms with Crippen LogP contribution in [0.15, 0.2) is 36.4 Å². The summed E-state index contributed by atoms with van der Waals surface area (Å²) in [7, 11) is -1.24. The van der Waals surface area contributed by atoms with E-state index in [-0.39, 0.29) is 38.8 Å². The predicted octanol–water partition coefficient (Wildman–Crippen LogP) is 16.6. The van der Waals surface area contributed by atoms with Crippen molar-refractivity contribution >= 4 is 34.2 Å². The second-order valence-electron chi connectivity index (χ2n) is 26.9. The van der Waals surface area contributed by atoms with Gasteiger partial charge in [-0.15, -0.1) is 11.1 Å². The van der Waals surface area contributed by atoms with E-state index in [2.05, 4.69) is 153 Å². The molecular weight excluding hydrogens is 1120 g/mol. The van der Waals surface area contributed by atoms with Crippen LogP contribution in [0.4, 0.5) is 9.59 Å². The lowest BCUT2D eigenvalue weighted by molar-refractivity contribution is -0.121. The maximum absolute atomic E-state index is 13.5. The molecule has 12 nitrogen and oxygen atoms in total. The second-order valence-corrected chi connectivity index (χ2v) is 38.1. The van der Waals surface area contributed by atoms with Gasteiger partial charge < -0.3 is 44.7 Å². The van der Waals surface area contributed by atoms with Crippen LogP contribution < -0.4 is 30.2 Å². The molecule has 3 aromatic carbocycles. The van der Waals surface area contributed by atoms with E-state index < -0.39 is 39.5 Å². The van der Waals surface area contributed by atoms with E-state index in [1.165, 1.54) is 38.5 Å². The van der Waals surface area contributed by atoms with Crippen LogP contribution in [0, 0.1) is 46.6 Å². The number of ether oxygens (including phenoxy) is 5. The molecule has 0 bridgehead atoms. The minimum absolute atomic E-state index is 0.0526. The number of unbranched alkanes of at least 4 members (excludes halogenated alkanes) is 8. The van der Waals surface area contributed by atoms with Gasteiger partial charge in [-0.1, -0.05) is 177 Å². The lowest BCUT2D eigenvalue weighted by atomic mass is 10.0. The van der Waals surface area contributed by atoms with E-state index in [9.17, 15) is 19.5 Å². The smallest absolute Gasteiger partial charge is 0.407 e. The molecule has 3 amide bonds. The first-order chi connectivity index (χ1) is 40.9. The number of rotatable bonds is 27. The zero-order valence-electron chi connectivity index (χ0n) is 57.2. The number of amides is 3. The van der Waals surface area contributed by atoms with Crippen LogP contribution in [-0.2, 0) is 33.9 Å². The van der Waals surface area contributed by atoms with Crippen LogP contribution in [0.3, 0.4) is 0 Å². The maximum atomic E-state index is 13.5. The number of carbonyl (C=O) groups is 3. The van der Waals surface area contributed by atoms with E-state index in [0.29, 0.717) is 90.3 Å². The van der Waals surface area contributed by atoms with Crippen molar-refractivity contribution < 1.29 is 43.2 Å². The highest BCUT2D eigenvalue weighted by Gasteiger charge is 2.43. The van der Waals surface area contributed by atoms with Crippen molar-refractivity contribution in [3.8, 4) is 63.9 Å². The van der Waals surface area contributed by atoms with Gasteiger partial charge in [0.25, 0.3) is 0 Å². The number of nitrogens with one attached hydrogen (secondary N) is 3. The van der Waals surface area contributed by atoms with Crippen molar-refractivity contribution in [2.24, 2.45) is 0 Å². The Morgan fingerprint density at radius 2 is 0.759 bits per heavy atom. The van der Waals surface area contributed by atoms with Crippen LogP contribution in [0.5, 0.6) is 17.2 Å². The molecule has 0 saturated heterocycles. The number of hydrogen-bond donors (Lipinski definition) is 4. The van der Waals surface area contributed by atoms with E-state index in [4.69, 9.17) is 23.7 Å². The third-order valence-corrected chi connectivity index (χ3v) is 28.7. The minimum Gasteiger partial charge on any atom is -0.494 e. The van der Waals surface area contributed by atoms with Crippen molar-refractivity contribution in [2.75, 3.05) is 27.4 Å². The van der Waals surface area contributed by atoms with Crippen molar-refractivity contribution in [1.82, 2.24) is 16.0 Å². The Balaban J connectivity index is 2.49. The van der Waals surface area contributed by atoms with Gasteiger partial charge in [0.05, 0.1) is 54.2 Å². The number of aliphatic hydroxyl groups is 1. The average molecular weight is 1230 g/mol. The van der Waals surface area contributed by atoms with E-state index in [0.717, 1.165) is 36.0 Å². The highest BCUT2D eigenvalue weighted by molar-refractivity contribution is 6.91. The number of carbonyl (C=O) groups excluding carboxylic acids is 3. The molecule has 0 aliphatic rings. The second kappa shape index (κ2) is 35.6. The molecule has 3 rings (SSSR count). The Bertz CT molecular complexity index is 2790. The maximum Gasteiger partial charge on any atom is 0.407 e.